The molecular weight excluding hydrogens is 417 g/mol. The number of alkyl halides is 3. The van der Waals surface area contributed by atoms with Gasteiger partial charge < -0.3 is 14.2 Å². The number of hydrogen-bond donors (Lipinski definition) is 0. The molecule has 28 heavy (non-hydrogen) atoms. The van der Waals surface area contributed by atoms with Crippen molar-refractivity contribution in [3.05, 3.63) is 52.9 Å². The summed E-state index contributed by atoms with van der Waals surface area (Å²) in [5.74, 6) is -0.171. The third-order valence-electron chi connectivity index (χ3n) is 4.26. The molecule has 0 bridgehead atoms. The Bertz CT molecular complexity index is 850. The summed E-state index contributed by atoms with van der Waals surface area (Å²) in [5, 5.41) is -0.375. The fourth-order valence-electron chi connectivity index (χ4n) is 2.76. The summed E-state index contributed by atoms with van der Waals surface area (Å²) in [7, 11) is 0. The molecule has 1 aromatic carbocycles. The second-order valence-corrected chi connectivity index (χ2v) is 7.53. The van der Waals surface area contributed by atoms with E-state index in [0.29, 0.717) is 31.1 Å². The van der Waals surface area contributed by atoms with Crippen LogP contribution in [0.15, 0.2) is 45.9 Å². The summed E-state index contributed by atoms with van der Waals surface area (Å²) in [4.78, 5) is 28.1. The van der Waals surface area contributed by atoms with Gasteiger partial charge in [-0.15, -0.1) is 11.8 Å². The Balaban J connectivity index is 1.52. The third-order valence-corrected chi connectivity index (χ3v) is 5.57. The Morgan fingerprint density at radius 1 is 1.11 bits per heavy atom. The number of amides is 2. The van der Waals surface area contributed by atoms with Gasteiger partial charge in [0.15, 0.2) is 5.76 Å². The van der Waals surface area contributed by atoms with Gasteiger partial charge in [0.25, 0.3) is 5.91 Å². The lowest BCUT2D eigenvalue weighted by Gasteiger charge is -2.34. The van der Waals surface area contributed by atoms with Gasteiger partial charge in [-0.1, -0.05) is 11.6 Å². The molecule has 0 aliphatic carbocycles. The molecule has 0 radical (unpaired) electrons. The van der Waals surface area contributed by atoms with Crippen LogP contribution < -0.4 is 0 Å². The van der Waals surface area contributed by atoms with Crippen LogP contribution >= 0.6 is 23.4 Å². The van der Waals surface area contributed by atoms with Crippen molar-refractivity contribution in [1.29, 1.82) is 0 Å². The Morgan fingerprint density at radius 3 is 2.39 bits per heavy atom. The summed E-state index contributed by atoms with van der Waals surface area (Å²) in [6.45, 7) is 1.46. The molecule has 0 saturated carbocycles. The molecular formula is C18H16ClF3N2O3S. The molecule has 0 spiro atoms. The van der Waals surface area contributed by atoms with E-state index >= 15 is 0 Å². The van der Waals surface area contributed by atoms with Crippen LogP contribution in [0.25, 0.3) is 0 Å². The van der Waals surface area contributed by atoms with Crippen molar-refractivity contribution in [2.24, 2.45) is 0 Å². The summed E-state index contributed by atoms with van der Waals surface area (Å²) in [6.07, 6.45) is -3.13. The fraction of sp³-hybridized carbons (Fsp3) is 0.333. The van der Waals surface area contributed by atoms with Gasteiger partial charge >= 0.3 is 6.18 Å². The predicted octanol–water partition coefficient (Wildman–Crippen LogP) is 4.03. The first-order valence-electron chi connectivity index (χ1n) is 8.36. The molecule has 0 N–H and O–H groups in total. The van der Waals surface area contributed by atoms with Crippen molar-refractivity contribution in [3.63, 3.8) is 0 Å². The molecule has 1 aromatic heterocycles. The van der Waals surface area contributed by atoms with Crippen molar-refractivity contribution in [2.75, 3.05) is 31.9 Å². The van der Waals surface area contributed by atoms with Crippen LogP contribution in [0, 0.1) is 0 Å². The molecule has 1 aliphatic rings. The normalized spacial score (nSPS) is 15.0. The van der Waals surface area contributed by atoms with E-state index < -0.39 is 11.7 Å². The maximum atomic E-state index is 12.9. The SMILES string of the molecule is O=C(CSc1ccc(Cl)c(C(F)(F)F)c1)N1CCN(C(=O)c2ccco2)CC1. The number of rotatable bonds is 4. The minimum atomic E-state index is -4.55. The molecule has 150 valence electrons. The van der Waals surface area contributed by atoms with E-state index in [4.69, 9.17) is 16.0 Å². The minimum absolute atomic E-state index is 0.00502. The van der Waals surface area contributed by atoms with Gasteiger partial charge in [0.05, 0.1) is 22.6 Å². The van der Waals surface area contributed by atoms with Crippen LogP contribution in [0.1, 0.15) is 16.1 Å². The standard InChI is InChI=1S/C18H16ClF3N2O3S/c19-14-4-3-12(10-13(14)18(20,21)22)28-11-16(25)23-5-7-24(8-6-23)17(26)15-2-1-9-27-15/h1-4,9-10H,5-8,11H2. The first-order chi connectivity index (χ1) is 13.3. The number of piperazine rings is 1. The Hall–Kier alpha value is -2.13. The molecule has 2 aromatic rings. The van der Waals surface area contributed by atoms with Crippen molar-refractivity contribution in [1.82, 2.24) is 9.80 Å². The van der Waals surface area contributed by atoms with Crippen LogP contribution in [0.4, 0.5) is 13.2 Å². The molecule has 3 rings (SSSR count). The van der Waals surface area contributed by atoms with Crippen molar-refractivity contribution in [2.45, 2.75) is 11.1 Å². The first-order valence-corrected chi connectivity index (χ1v) is 9.72. The Kier molecular flexibility index (Phi) is 6.24. The molecule has 1 saturated heterocycles. The topological polar surface area (TPSA) is 53.8 Å². The van der Waals surface area contributed by atoms with E-state index in [2.05, 4.69) is 0 Å². The lowest BCUT2D eigenvalue weighted by molar-refractivity contribution is -0.137. The molecule has 1 aliphatic heterocycles. The van der Waals surface area contributed by atoms with Gasteiger partial charge in [-0.2, -0.15) is 13.2 Å². The Morgan fingerprint density at radius 2 is 1.79 bits per heavy atom. The zero-order chi connectivity index (χ0) is 20.3. The van der Waals surface area contributed by atoms with Gasteiger partial charge in [0.2, 0.25) is 5.91 Å². The van der Waals surface area contributed by atoms with Crippen LogP contribution in [0.5, 0.6) is 0 Å². The number of furan rings is 1. The maximum Gasteiger partial charge on any atom is 0.417 e. The molecule has 2 amide bonds. The average molecular weight is 433 g/mol. The quantitative estimate of drug-likeness (QED) is 0.684. The van der Waals surface area contributed by atoms with Gasteiger partial charge in [-0.05, 0) is 30.3 Å². The van der Waals surface area contributed by atoms with Gasteiger partial charge in [-0.3, -0.25) is 9.59 Å². The first kappa shape index (κ1) is 20.6. The highest BCUT2D eigenvalue weighted by Crippen LogP contribution is 2.37. The zero-order valence-electron chi connectivity index (χ0n) is 14.5. The predicted molar refractivity (Wildman–Crippen MR) is 98.4 cm³/mol. The average Bonchev–Trinajstić information content (AvgIpc) is 3.20. The summed E-state index contributed by atoms with van der Waals surface area (Å²) in [5.41, 5.74) is -0.920. The number of benzene rings is 1. The molecule has 10 heteroatoms. The van der Waals surface area contributed by atoms with Crippen LogP contribution in [-0.2, 0) is 11.0 Å². The highest BCUT2D eigenvalue weighted by molar-refractivity contribution is 8.00. The number of halogens is 4. The van der Waals surface area contributed by atoms with E-state index in [-0.39, 0.29) is 28.4 Å². The zero-order valence-corrected chi connectivity index (χ0v) is 16.1. The van der Waals surface area contributed by atoms with E-state index in [1.807, 2.05) is 0 Å². The van der Waals surface area contributed by atoms with Gasteiger partial charge in [-0.25, -0.2) is 0 Å². The lowest BCUT2D eigenvalue weighted by atomic mass is 10.2. The lowest BCUT2D eigenvalue weighted by Crippen LogP contribution is -2.51. The maximum absolute atomic E-state index is 12.9. The molecule has 1 fully saturated rings. The molecule has 0 unspecified atom stereocenters. The largest absolute Gasteiger partial charge is 0.459 e. The van der Waals surface area contributed by atoms with Crippen LogP contribution in [-0.4, -0.2) is 53.5 Å². The van der Waals surface area contributed by atoms with Crippen LogP contribution in [0.2, 0.25) is 5.02 Å². The minimum Gasteiger partial charge on any atom is -0.459 e. The van der Waals surface area contributed by atoms with Crippen molar-refractivity contribution < 1.29 is 27.2 Å². The number of carbonyl (C=O) groups is 2. The van der Waals surface area contributed by atoms with Crippen molar-refractivity contribution in [3.8, 4) is 0 Å². The van der Waals surface area contributed by atoms with E-state index in [1.54, 1.807) is 21.9 Å². The smallest absolute Gasteiger partial charge is 0.417 e. The number of carbonyl (C=O) groups excluding carboxylic acids is 2. The molecule has 5 nitrogen and oxygen atoms in total. The second-order valence-electron chi connectivity index (χ2n) is 6.08. The number of hydrogen-bond acceptors (Lipinski definition) is 4. The highest BCUT2D eigenvalue weighted by atomic mass is 35.5. The molecule has 0 atom stereocenters. The third kappa shape index (κ3) is 4.82. The summed E-state index contributed by atoms with van der Waals surface area (Å²) in [6, 6.07) is 6.79. The van der Waals surface area contributed by atoms with Gasteiger partial charge in [0.1, 0.15) is 0 Å². The fourth-order valence-corrected chi connectivity index (χ4v) is 3.83. The monoisotopic (exact) mass is 432 g/mol. The number of nitrogens with zero attached hydrogens (tertiary/aromatic N) is 2. The second kappa shape index (κ2) is 8.48. The van der Waals surface area contributed by atoms with Crippen molar-refractivity contribution >= 4 is 35.2 Å². The summed E-state index contributed by atoms with van der Waals surface area (Å²) < 4.78 is 43.8. The Labute approximate surface area is 168 Å². The number of thioether (sulfide) groups is 1. The van der Waals surface area contributed by atoms with Gasteiger partial charge in [0, 0.05) is 31.1 Å². The van der Waals surface area contributed by atoms with E-state index in [9.17, 15) is 22.8 Å². The summed E-state index contributed by atoms with van der Waals surface area (Å²) >= 11 is 6.62. The highest BCUT2D eigenvalue weighted by Gasteiger charge is 2.33. The van der Waals surface area contributed by atoms with E-state index in [1.165, 1.54) is 18.4 Å². The molecule has 2 heterocycles. The van der Waals surface area contributed by atoms with Crippen LogP contribution in [0.3, 0.4) is 0 Å². The van der Waals surface area contributed by atoms with E-state index in [0.717, 1.165) is 17.8 Å².